The lowest BCUT2D eigenvalue weighted by molar-refractivity contribution is 0.463. The van der Waals surface area contributed by atoms with E-state index >= 15 is 0 Å². The molecular weight excluding hydrogens is 405 g/mol. The molecule has 0 aliphatic carbocycles. The number of fused-ring (bicyclic) bond motifs is 1. The highest BCUT2D eigenvalue weighted by molar-refractivity contribution is 6.33. The summed E-state index contributed by atoms with van der Waals surface area (Å²) in [5.41, 5.74) is 2.69. The topological polar surface area (TPSA) is 77.1 Å². The van der Waals surface area contributed by atoms with Gasteiger partial charge in [-0.1, -0.05) is 17.7 Å². The third kappa shape index (κ3) is 3.31. The Labute approximate surface area is 177 Å². The predicted molar refractivity (Wildman–Crippen MR) is 117 cm³/mol. The van der Waals surface area contributed by atoms with Crippen molar-refractivity contribution in [3.63, 3.8) is 0 Å². The van der Waals surface area contributed by atoms with Crippen molar-refractivity contribution in [1.82, 2.24) is 15.0 Å². The van der Waals surface area contributed by atoms with Crippen LogP contribution in [0.1, 0.15) is 12.8 Å². The van der Waals surface area contributed by atoms with E-state index in [9.17, 15) is 9.50 Å². The van der Waals surface area contributed by atoms with Gasteiger partial charge in [-0.2, -0.15) is 0 Å². The van der Waals surface area contributed by atoms with Gasteiger partial charge in [0.15, 0.2) is 5.88 Å². The molecule has 30 heavy (non-hydrogen) atoms. The van der Waals surface area contributed by atoms with Crippen LogP contribution in [0.15, 0.2) is 48.8 Å². The lowest BCUT2D eigenvalue weighted by Crippen LogP contribution is -2.17. The van der Waals surface area contributed by atoms with Crippen LogP contribution in [-0.2, 0) is 0 Å². The molecular formula is C22H19ClFN5O. The van der Waals surface area contributed by atoms with Gasteiger partial charge < -0.3 is 20.3 Å². The van der Waals surface area contributed by atoms with Crippen molar-refractivity contribution in [2.75, 3.05) is 23.3 Å². The van der Waals surface area contributed by atoms with E-state index in [1.165, 1.54) is 18.9 Å². The van der Waals surface area contributed by atoms with Crippen LogP contribution in [0.3, 0.4) is 0 Å². The number of hydrogen-bond donors (Lipinski definition) is 3. The normalized spacial score (nSPS) is 13.9. The van der Waals surface area contributed by atoms with Gasteiger partial charge in [0.25, 0.3) is 0 Å². The summed E-state index contributed by atoms with van der Waals surface area (Å²) in [6.07, 6.45) is 5.79. The second-order valence-corrected chi connectivity index (χ2v) is 7.68. The van der Waals surface area contributed by atoms with Gasteiger partial charge >= 0.3 is 0 Å². The van der Waals surface area contributed by atoms with Gasteiger partial charge in [0, 0.05) is 19.3 Å². The fraction of sp³-hybridized carbons (Fsp3) is 0.182. The van der Waals surface area contributed by atoms with Crippen LogP contribution in [0.5, 0.6) is 5.88 Å². The summed E-state index contributed by atoms with van der Waals surface area (Å²) in [6, 6.07) is 10.1. The smallest absolute Gasteiger partial charge is 0.200 e. The van der Waals surface area contributed by atoms with Crippen molar-refractivity contribution in [2.24, 2.45) is 0 Å². The minimum atomic E-state index is -0.465. The summed E-state index contributed by atoms with van der Waals surface area (Å²) >= 11 is 6.24. The number of halogens is 2. The van der Waals surface area contributed by atoms with Crippen molar-refractivity contribution in [2.45, 2.75) is 12.8 Å². The maximum Gasteiger partial charge on any atom is 0.200 e. The number of anilines is 3. The Morgan fingerprint density at radius 3 is 2.73 bits per heavy atom. The number of hydrogen-bond acceptors (Lipinski definition) is 5. The zero-order chi connectivity index (χ0) is 20.7. The van der Waals surface area contributed by atoms with Gasteiger partial charge in [-0.15, -0.1) is 0 Å². The quantitative estimate of drug-likeness (QED) is 0.406. The highest BCUT2D eigenvalue weighted by atomic mass is 35.5. The van der Waals surface area contributed by atoms with Crippen molar-refractivity contribution in [3.8, 4) is 17.1 Å². The predicted octanol–water partition coefficient (Wildman–Crippen LogP) is 5.47. The average Bonchev–Trinajstić information content (AvgIpc) is 3.39. The first-order chi connectivity index (χ1) is 14.6. The number of aromatic nitrogens is 3. The Morgan fingerprint density at radius 2 is 2.00 bits per heavy atom. The van der Waals surface area contributed by atoms with Gasteiger partial charge in [0.2, 0.25) is 0 Å². The van der Waals surface area contributed by atoms with Gasteiger partial charge in [0.1, 0.15) is 11.6 Å². The summed E-state index contributed by atoms with van der Waals surface area (Å²) in [4.78, 5) is 14.0. The minimum absolute atomic E-state index is 0.0279. The summed E-state index contributed by atoms with van der Waals surface area (Å²) in [6.45, 7) is 2.09. The Morgan fingerprint density at radius 1 is 1.17 bits per heavy atom. The number of aromatic hydroxyl groups is 1. The lowest BCUT2D eigenvalue weighted by Gasteiger charge is -2.17. The van der Waals surface area contributed by atoms with Crippen LogP contribution >= 0.6 is 11.6 Å². The molecule has 4 heterocycles. The van der Waals surface area contributed by atoms with Gasteiger partial charge in [-0.3, -0.25) is 0 Å². The molecule has 4 aromatic rings. The van der Waals surface area contributed by atoms with E-state index in [-0.39, 0.29) is 16.5 Å². The maximum absolute atomic E-state index is 14.5. The molecule has 0 saturated carbocycles. The molecule has 0 amide bonds. The Bertz CT molecular complexity index is 1200. The average molecular weight is 424 g/mol. The molecule has 1 fully saturated rings. The van der Waals surface area contributed by atoms with Crippen LogP contribution < -0.4 is 10.2 Å². The molecule has 0 bridgehead atoms. The van der Waals surface area contributed by atoms with Crippen LogP contribution in [0, 0.1) is 5.82 Å². The molecule has 1 aliphatic rings. The first-order valence-corrected chi connectivity index (χ1v) is 10.1. The van der Waals surface area contributed by atoms with E-state index < -0.39 is 5.82 Å². The van der Waals surface area contributed by atoms with Crippen LogP contribution in [0.4, 0.5) is 21.6 Å². The molecule has 0 atom stereocenters. The third-order valence-corrected chi connectivity index (χ3v) is 5.65. The molecule has 3 N–H and O–H groups in total. The lowest BCUT2D eigenvalue weighted by atomic mass is 10.1. The summed E-state index contributed by atoms with van der Waals surface area (Å²) in [7, 11) is 0. The third-order valence-electron chi connectivity index (χ3n) is 5.33. The number of aromatic amines is 1. The fourth-order valence-electron chi connectivity index (χ4n) is 3.86. The molecule has 6 nitrogen and oxygen atoms in total. The molecule has 3 aromatic heterocycles. The van der Waals surface area contributed by atoms with Crippen LogP contribution in [0.25, 0.3) is 22.2 Å². The zero-order valence-electron chi connectivity index (χ0n) is 16.0. The first kappa shape index (κ1) is 18.7. The number of rotatable bonds is 4. The Kier molecular flexibility index (Phi) is 4.67. The standard InChI is InChI=1S/C22H19ClFN5O/c23-14-4-3-5-15(24)20(14)16-10-17(21-18(27-16)12-26-22(21)30)28-19-7-6-13(11-25-19)29-8-1-2-9-29/h3-7,10-12,26,30H,1-2,8-9H2,(H,25,28). The maximum atomic E-state index is 14.5. The monoisotopic (exact) mass is 423 g/mol. The number of pyridine rings is 2. The van der Waals surface area contributed by atoms with Gasteiger partial charge in [-0.25, -0.2) is 14.4 Å². The van der Waals surface area contributed by atoms with Crippen LogP contribution in [-0.4, -0.2) is 33.1 Å². The first-order valence-electron chi connectivity index (χ1n) is 9.73. The van der Waals surface area contributed by atoms with Crippen molar-refractivity contribution < 1.29 is 9.50 Å². The van der Waals surface area contributed by atoms with E-state index in [1.54, 1.807) is 24.4 Å². The Hall–Kier alpha value is -3.32. The van der Waals surface area contributed by atoms with Crippen molar-refractivity contribution in [3.05, 3.63) is 59.6 Å². The molecule has 5 rings (SSSR count). The number of nitrogens with one attached hydrogen (secondary N) is 2. The summed E-state index contributed by atoms with van der Waals surface area (Å²) in [5.74, 6) is 0.115. The second-order valence-electron chi connectivity index (χ2n) is 7.27. The molecule has 1 aromatic carbocycles. The van der Waals surface area contributed by atoms with E-state index in [0.29, 0.717) is 28.1 Å². The fourth-order valence-corrected chi connectivity index (χ4v) is 4.12. The van der Waals surface area contributed by atoms with E-state index in [0.717, 1.165) is 18.8 Å². The van der Waals surface area contributed by atoms with Crippen molar-refractivity contribution in [1.29, 1.82) is 0 Å². The molecule has 0 spiro atoms. The van der Waals surface area contributed by atoms with Gasteiger partial charge in [-0.05, 0) is 43.2 Å². The van der Waals surface area contributed by atoms with Gasteiger partial charge in [0.05, 0.1) is 44.8 Å². The molecule has 1 saturated heterocycles. The Balaban J connectivity index is 1.55. The molecule has 0 radical (unpaired) electrons. The van der Waals surface area contributed by atoms with E-state index in [4.69, 9.17) is 11.6 Å². The highest BCUT2D eigenvalue weighted by Gasteiger charge is 2.18. The van der Waals surface area contributed by atoms with Crippen LogP contribution in [0.2, 0.25) is 5.02 Å². The number of nitrogens with zero attached hydrogens (tertiary/aromatic N) is 3. The number of benzene rings is 1. The largest absolute Gasteiger partial charge is 0.494 e. The molecule has 0 unspecified atom stereocenters. The van der Waals surface area contributed by atoms with Crippen molar-refractivity contribution >= 4 is 39.7 Å². The van der Waals surface area contributed by atoms with E-state index in [1.807, 2.05) is 18.3 Å². The zero-order valence-corrected chi connectivity index (χ0v) is 16.7. The molecule has 152 valence electrons. The minimum Gasteiger partial charge on any atom is -0.494 e. The SMILES string of the molecule is Oc1[nH]cc2nc(-c3c(F)cccc3Cl)cc(Nc3ccc(N4CCCC4)cn3)c12. The summed E-state index contributed by atoms with van der Waals surface area (Å²) < 4.78 is 14.5. The molecule has 8 heteroatoms. The summed E-state index contributed by atoms with van der Waals surface area (Å²) in [5, 5.41) is 14.3. The van der Waals surface area contributed by atoms with E-state index in [2.05, 4.69) is 25.2 Å². The number of H-pyrrole nitrogens is 1. The second kappa shape index (κ2) is 7.50. The molecule has 1 aliphatic heterocycles. The highest BCUT2D eigenvalue weighted by Crippen LogP contribution is 2.37.